The van der Waals surface area contributed by atoms with E-state index in [2.05, 4.69) is 31.0 Å². The third-order valence-electron chi connectivity index (χ3n) is 12.9. The lowest BCUT2D eigenvalue weighted by atomic mass is 9.83. The fourth-order valence-electron chi connectivity index (χ4n) is 9.49. The molecule has 19 heteroatoms. The van der Waals surface area contributed by atoms with Gasteiger partial charge in [-0.1, -0.05) is 58.6 Å². The summed E-state index contributed by atoms with van der Waals surface area (Å²) in [6.07, 6.45) is 15.2. The molecule has 2 saturated carbocycles. The molecule has 0 radical (unpaired) electrons. The van der Waals surface area contributed by atoms with Crippen LogP contribution in [0.3, 0.4) is 0 Å². The quantitative estimate of drug-likeness (QED) is 0.0435. The van der Waals surface area contributed by atoms with Gasteiger partial charge in [-0.05, 0) is 93.0 Å². The van der Waals surface area contributed by atoms with E-state index in [0.717, 1.165) is 88.1 Å². The molecule has 0 aromatic carbocycles. The van der Waals surface area contributed by atoms with E-state index in [4.69, 9.17) is 5.73 Å². The number of pyridine rings is 1. The Balaban J connectivity index is 1.40. The van der Waals surface area contributed by atoms with Crippen LogP contribution >= 0.6 is 0 Å². The highest BCUT2D eigenvalue weighted by molar-refractivity contribution is 6.00. The number of hydrogen-bond acceptors (Lipinski definition) is 11. The molecular weight excluding hydrogens is 817 g/mol. The molecule has 3 fully saturated rings. The molecule has 4 aliphatic rings. The van der Waals surface area contributed by atoms with Crippen LogP contribution in [0.5, 0.6) is 0 Å². The van der Waals surface area contributed by atoms with Crippen LogP contribution in [0.1, 0.15) is 121 Å². The van der Waals surface area contributed by atoms with Gasteiger partial charge in [0.05, 0.1) is 17.6 Å². The molecule has 1 saturated heterocycles. The molecule has 7 N–H and O–H groups in total. The number of carbonyl (C=O) groups excluding carboxylic acids is 7. The van der Waals surface area contributed by atoms with Gasteiger partial charge < -0.3 is 41.6 Å². The predicted octanol–water partition coefficient (Wildman–Crippen LogP) is 2.58. The second kappa shape index (κ2) is 21.5. The number of methoxy groups -OCH3 is 1. The van der Waals surface area contributed by atoms with Crippen LogP contribution in [0.15, 0.2) is 40.9 Å². The van der Waals surface area contributed by atoms with E-state index in [0.29, 0.717) is 12.8 Å². The third kappa shape index (κ3) is 12.2. The van der Waals surface area contributed by atoms with Crippen molar-refractivity contribution in [3.8, 4) is 0 Å². The number of aromatic amines is 1. The van der Waals surface area contributed by atoms with Crippen molar-refractivity contribution in [2.24, 2.45) is 28.9 Å². The summed E-state index contributed by atoms with van der Waals surface area (Å²) < 4.78 is 4.63. The minimum atomic E-state index is -1.35. The number of rotatable bonds is 17. The largest absolute Gasteiger partial charge is 0.466 e. The number of esters is 1. The summed E-state index contributed by atoms with van der Waals surface area (Å²) >= 11 is 0. The lowest BCUT2D eigenvalue weighted by molar-refractivity contribution is -0.386. The van der Waals surface area contributed by atoms with E-state index in [9.17, 15) is 48.5 Å². The summed E-state index contributed by atoms with van der Waals surface area (Å²) in [6, 6.07) is -4.77. The van der Waals surface area contributed by atoms with Gasteiger partial charge in [-0.2, -0.15) is 0 Å². The van der Waals surface area contributed by atoms with Gasteiger partial charge in [0.25, 0.3) is 5.91 Å². The van der Waals surface area contributed by atoms with Crippen molar-refractivity contribution < 1.29 is 43.2 Å². The fraction of sp³-hybridized carbons (Fsp3) is 0.636. The monoisotopic (exact) mass is 878 g/mol. The van der Waals surface area contributed by atoms with Crippen molar-refractivity contribution in [2.45, 2.75) is 141 Å². The molecule has 19 nitrogen and oxygen atoms in total. The smallest absolute Gasteiger partial charge is 0.334 e. The summed E-state index contributed by atoms with van der Waals surface area (Å²) in [6.45, 7) is 5.46. The maximum absolute atomic E-state index is 14.9. The van der Waals surface area contributed by atoms with E-state index in [-0.39, 0.29) is 42.7 Å². The Labute approximate surface area is 366 Å². The minimum absolute atomic E-state index is 0.0114. The zero-order chi connectivity index (χ0) is 46.0. The van der Waals surface area contributed by atoms with Gasteiger partial charge in [0, 0.05) is 24.9 Å². The molecule has 1 aliphatic heterocycles. The minimum Gasteiger partial charge on any atom is -0.466 e. The summed E-state index contributed by atoms with van der Waals surface area (Å²) in [5, 5.41) is 22.7. The number of nitrogens with two attached hydrogens (primary N) is 1. The standard InChI is InChI=1S/C44H62N8O11/c1-44(2,3)36(50-39(56)30(20-11-12-21-32(53)63-4)47-38(55)28-22-31(52(61)62)40(57)46-23-28)43(60)51-24-27-18-13-19-29(27)35(51)42(59)49-34(26-16-9-6-10-17-26)41(58)48-33(37(45)54)25-14-7-5-8-15-25/h12,16,21-23,25,27,29-30,33-36H,5-11,13-15,17-20,24H2,1-4H3,(H2,45,54)(H,46,57)(H,47,55)(H,48,58)(H,49,59)(H,50,56)/b21-12+/t27-,29-,30-,33-,34-,35-,36+/m0/s1. The number of primary amides is 1. The van der Waals surface area contributed by atoms with Crippen LogP contribution < -0.4 is 32.6 Å². The molecule has 6 amide bonds. The molecule has 1 aromatic heterocycles. The number of allylic oxidation sites excluding steroid dienone is 2. The molecule has 2 heterocycles. The Morgan fingerprint density at radius 3 is 2.33 bits per heavy atom. The number of hydrogen-bond donors (Lipinski definition) is 6. The number of fused-ring (bicyclic) bond motifs is 1. The van der Waals surface area contributed by atoms with Gasteiger partial charge in [-0.3, -0.25) is 43.7 Å². The molecule has 0 spiro atoms. The maximum Gasteiger partial charge on any atom is 0.334 e. The molecule has 63 heavy (non-hydrogen) atoms. The molecule has 0 bridgehead atoms. The number of nitro groups is 1. The molecule has 3 aliphatic carbocycles. The van der Waals surface area contributed by atoms with E-state index in [1.165, 1.54) is 18.1 Å². The molecular formula is C44H62N8O11. The van der Waals surface area contributed by atoms with Crippen molar-refractivity contribution in [1.82, 2.24) is 31.2 Å². The lowest BCUT2D eigenvalue weighted by Gasteiger charge is -2.37. The second-order valence-corrected chi connectivity index (χ2v) is 18.2. The number of carbonyl (C=O) groups is 7. The van der Waals surface area contributed by atoms with E-state index >= 15 is 0 Å². The number of ether oxygens (including phenoxy) is 1. The van der Waals surface area contributed by atoms with Crippen molar-refractivity contribution in [1.29, 1.82) is 0 Å². The van der Waals surface area contributed by atoms with Gasteiger partial charge in [0.15, 0.2) is 0 Å². The average Bonchev–Trinajstić information content (AvgIpc) is 3.86. The van der Waals surface area contributed by atoms with Crippen molar-refractivity contribution in [2.75, 3.05) is 13.7 Å². The number of H-pyrrole nitrogens is 1. The summed E-state index contributed by atoms with van der Waals surface area (Å²) in [7, 11) is 1.20. The molecule has 5 rings (SSSR count). The zero-order valence-electron chi connectivity index (χ0n) is 36.6. The molecule has 7 atom stereocenters. The molecule has 344 valence electrons. The van der Waals surface area contributed by atoms with Crippen LogP contribution in [-0.4, -0.2) is 100 Å². The number of amides is 6. The van der Waals surface area contributed by atoms with Crippen molar-refractivity contribution >= 4 is 47.1 Å². The van der Waals surface area contributed by atoms with Gasteiger partial charge >= 0.3 is 17.2 Å². The van der Waals surface area contributed by atoms with E-state index in [1.807, 2.05) is 6.08 Å². The van der Waals surface area contributed by atoms with Crippen LogP contribution in [-0.2, 0) is 33.5 Å². The summed E-state index contributed by atoms with van der Waals surface area (Å²) in [5.74, 6) is -4.93. The van der Waals surface area contributed by atoms with Gasteiger partial charge in [0.1, 0.15) is 30.2 Å². The van der Waals surface area contributed by atoms with Crippen LogP contribution in [0.4, 0.5) is 5.69 Å². The number of nitrogens with zero attached hydrogens (tertiary/aromatic N) is 2. The van der Waals surface area contributed by atoms with E-state index in [1.54, 1.807) is 20.8 Å². The second-order valence-electron chi connectivity index (χ2n) is 18.2. The van der Waals surface area contributed by atoms with Gasteiger partial charge in [0.2, 0.25) is 29.5 Å². The number of nitrogens with one attached hydrogen (secondary N) is 5. The highest BCUT2D eigenvalue weighted by Crippen LogP contribution is 2.43. The first-order valence-electron chi connectivity index (χ1n) is 22.0. The zero-order valence-corrected chi connectivity index (χ0v) is 36.6. The van der Waals surface area contributed by atoms with Crippen LogP contribution in [0.25, 0.3) is 0 Å². The lowest BCUT2D eigenvalue weighted by Crippen LogP contribution is -2.62. The summed E-state index contributed by atoms with van der Waals surface area (Å²) in [4.78, 5) is 122. The average molecular weight is 879 g/mol. The highest BCUT2D eigenvalue weighted by Gasteiger charge is 2.52. The first-order valence-corrected chi connectivity index (χ1v) is 22.0. The topological polar surface area (TPSA) is 282 Å². The first-order chi connectivity index (χ1) is 29.9. The molecule has 0 unspecified atom stereocenters. The van der Waals surface area contributed by atoms with Crippen LogP contribution in [0.2, 0.25) is 0 Å². The first kappa shape index (κ1) is 48.2. The number of aromatic nitrogens is 1. The highest BCUT2D eigenvalue weighted by atomic mass is 16.6. The Kier molecular flexibility index (Phi) is 16.4. The summed E-state index contributed by atoms with van der Waals surface area (Å²) in [5.41, 5.74) is 3.40. The van der Waals surface area contributed by atoms with Crippen molar-refractivity contribution in [3.63, 3.8) is 0 Å². The van der Waals surface area contributed by atoms with Crippen molar-refractivity contribution in [3.05, 3.63) is 62.1 Å². The van der Waals surface area contributed by atoms with Gasteiger partial charge in [-0.25, -0.2) is 4.79 Å². The SMILES string of the molecule is COC(=O)/C=C/CC[C@H](NC(=O)c1c[nH]c(=O)c([N+](=O)[O-])c1)C(=O)N[C@H](C(=O)N1C[C@@H]2CCC[C@@H]2[C@H]1C(=O)N[C@H](C(=O)N[C@H](C(N)=O)C1CCCCC1)C1=CCCCC1)C(C)(C)C. The number of likely N-dealkylation sites (tertiary alicyclic amines) is 1. The van der Waals surface area contributed by atoms with E-state index < -0.39 is 93.2 Å². The fourth-order valence-corrected chi connectivity index (χ4v) is 9.49. The predicted molar refractivity (Wildman–Crippen MR) is 229 cm³/mol. The maximum atomic E-state index is 14.9. The Morgan fingerprint density at radius 1 is 0.968 bits per heavy atom. The van der Waals surface area contributed by atoms with Gasteiger partial charge in [-0.15, -0.1) is 0 Å². The van der Waals surface area contributed by atoms with Crippen LogP contribution in [0, 0.1) is 33.3 Å². The Bertz CT molecular complexity index is 2030. The normalized spacial score (nSPS) is 22.1. The Hall–Kier alpha value is -5.88. The Morgan fingerprint density at radius 2 is 1.70 bits per heavy atom. The third-order valence-corrected chi connectivity index (χ3v) is 12.9. The molecule has 1 aromatic rings.